The second-order valence-electron chi connectivity index (χ2n) is 7.67. The molecule has 32 heavy (non-hydrogen) atoms. The Morgan fingerprint density at radius 1 is 1.12 bits per heavy atom. The van der Waals surface area contributed by atoms with Gasteiger partial charge in [0.2, 0.25) is 10.0 Å². The van der Waals surface area contributed by atoms with Gasteiger partial charge in [-0.2, -0.15) is 9.57 Å². The number of hydrogen-bond acceptors (Lipinski definition) is 6. The number of nitrogens with one attached hydrogen (secondary N) is 1. The molecular weight excluding hydrogens is 430 g/mol. The van der Waals surface area contributed by atoms with Crippen LogP contribution in [0.25, 0.3) is 0 Å². The summed E-state index contributed by atoms with van der Waals surface area (Å²) in [6.45, 7) is 4.01. The highest BCUT2D eigenvalue weighted by molar-refractivity contribution is 7.89. The second kappa shape index (κ2) is 9.94. The van der Waals surface area contributed by atoms with Gasteiger partial charge in [-0.05, 0) is 62.6 Å². The summed E-state index contributed by atoms with van der Waals surface area (Å²) in [5, 5.41) is 11.6. The molecular formula is C23H25N3O5S. The molecule has 8 nitrogen and oxygen atoms in total. The number of benzene rings is 2. The topological polar surface area (TPSA) is 117 Å². The number of carbonyl (C=O) groups excluding carboxylic acids is 2. The van der Waals surface area contributed by atoms with Gasteiger partial charge in [0.05, 0.1) is 22.1 Å². The third-order valence-electron chi connectivity index (χ3n) is 5.29. The number of anilines is 1. The molecule has 2 aromatic rings. The Morgan fingerprint density at radius 2 is 1.84 bits per heavy atom. The van der Waals surface area contributed by atoms with E-state index in [1.807, 2.05) is 6.07 Å². The van der Waals surface area contributed by atoms with E-state index < -0.39 is 28.0 Å². The van der Waals surface area contributed by atoms with Crippen molar-refractivity contribution < 1.29 is 22.7 Å². The highest BCUT2D eigenvalue weighted by atomic mass is 32.2. The minimum atomic E-state index is -3.71. The summed E-state index contributed by atoms with van der Waals surface area (Å²) in [6, 6.07) is 12.7. The zero-order valence-electron chi connectivity index (χ0n) is 18.0. The minimum Gasteiger partial charge on any atom is -0.449 e. The van der Waals surface area contributed by atoms with Gasteiger partial charge in [0.1, 0.15) is 0 Å². The molecule has 0 saturated carbocycles. The summed E-state index contributed by atoms with van der Waals surface area (Å²) in [5.74, 6) is -1.35. The van der Waals surface area contributed by atoms with E-state index in [0.29, 0.717) is 29.9 Å². The summed E-state index contributed by atoms with van der Waals surface area (Å²) in [7, 11) is -3.71. The summed E-state index contributed by atoms with van der Waals surface area (Å²) in [5.41, 5.74) is 1.42. The quantitative estimate of drug-likeness (QED) is 0.669. The lowest BCUT2D eigenvalue weighted by atomic mass is 10.1. The maximum Gasteiger partial charge on any atom is 0.339 e. The van der Waals surface area contributed by atoms with Crippen LogP contribution in [0.2, 0.25) is 0 Å². The molecule has 1 saturated heterocycles. The maximum absolute atomic E-state index is 12.9. The van der Waals surface area contributed by atoms with Gasteiger partial charge in [0.25, 0.3) is 5.91 Å². The number of aryl methyl sites for hydroxylation is 1. The van der Waals surface area contributed by atoms with Crippen LogP contribution in [0.5, 0.6) is 0 Å². The van der Waals surface area contributed by atoms with Gasteiger partial charge in [-0.25, -0.2) is 13.2 Å². The van der Waals surface area contributed by atoms with Crippen molar-refractivity contribution >= 4 is 27.6 Å². The van der Waals surface area contributed by atoms with E-state index in [0.717, 1.165) is 19.3 Å². The second-order valence-corrected chi connectivity index (χ2v) is 9.61. The molecule has 0 aliphatic carbocycles. The number of amides is 1. The van der Waals surface area contributed by atoms with Crippen LogP contribution in [0.1, 0.15) is 47.7 Å². The van der Waals surface area contributed by atoms with Crippen LogP contribution in [-0.2, 0) is 19.6 Å². The van der Waals surface area contributed by atoms with Gasteiger partial charge in [-0.15, -0.1) is 0 Å². The fraction of sp³-hybridized carbons (Fsp3) is 0.348. The lowest BCUT2D eigenvalue weighted by Gasteiger charge is -2.26. The first kappa shape index (κ1) is 23.4. The number of piperidine rings is 1. The number of hydrogen-bond donors (Lipinski definition) is 1. The molecule has 1 fully saturated rings. The van der Waals surface area contributed by atoms with E-state index in [9.17, 15) is 18.0 Å². The van der Waals surface area contributed by atoms with Crippen LogP contribution in [0, 0.1) is 18.3 Å². The van der Waals surface area contributed by atoms with Crippen molar-refractivity contribution in [2.24, 2.45) is 0 Å². The van der Waals surface area contributed by atoms with E-state index in [1.54, 1.807) is 31.2 Å². The van der Waals surface area contributed by atoms with Crippen molar-refractivity contribution in [3.63, 3.8) is 0 Å². The molecule has 0 radical (unpaired) electrons. The first-order chi connectivity index (χ1) is 15.2. The Hall–Kier alpha value is -3.22. The number of carbonyl (C=O) groups is 2. The van der Waals surface area contributed by atoms with E-state index in [1.165, 1.54) is 29.4 Å². The normalized spacial score (nSPS) is 15.4. The van der Waals surface area contributed by atoms with Gasteiger partial charge in [-0.3, -0.25) is 4.79 Å². The molecule has 2 aromatic carbocycles. The lowest BCUT2D eigenvalue weighted by molar-refractivity contribution is -0.123. The predicted octanol–water partition coefficient (Wildman–Crippen LogP) is 3.23. The Bertz CT molecular complexity index is 1160. The first-order valence-corrected chi connectivity index (χ1v) is 11.8. The zero-order valence-corrected chi connectivity index (χ0v) is 18.8. The average Bonchev–Trinajstić information content (AvgIpc) is 2.79. The third-order valence-corrected chi connectivity index (χ3v) is 7.19. The van der Waals surface area contributed by atoms with Crippen molar-refractivity contribution in [1.29, 1.82) is 5.26 Å². The maximum atomic E-state index is 12.9. The van der Waals surface area contributed by atoms with Crippen LogP contribution in [0.15, 0.2) is 47.4 Å². The molecule has 9 heteroatoms. The number of esters is 1. The number of ether oxygens (including phenoxy) is 1. The molecule has 0 bridgehead atoms. The van der Waals surface area contributed by atoms with Crippen molar-refractivity contribution in [3.8, 4) is 6.07 Å². The predicted molar refractivity (Wildman–Crippen MR) is 118 cm³/mol. The molecule has 1 aliphatic heterocycles. The van der Waals surface area contributed by atoms with Crippen LogP contribution < -0.4 is 5.32 Å². The largest absolute Gasteiger partial charge is 0.449 e. The monoisotopic (exact) mass is 455 g/mol. The minimum absolute atomic E-state index is 0.0300. The van der Waals surface area contributed by atoms with Gasteiger partial charge in [-0.1, -0.05) is 18.6 Å². The highest BCUT2D eigenvalue weighted by Crippen LogP contribution is 2.23. The molecule has 1 unspecified atom stereocenters. The Balaban J connectivity index is 1.73. The Kier molecular flexibility index (Phi) is 7.28. The van der Waals surface area contributed by atoms with Crippen molar-refractivity contribution in [2.45, 2.75) is 44.1 Å². The van der Waals surface area contributed by atoms with Crippen LogP contribution >= 0.6 is 0 Å². The van der Waals surface area contributed by atoms with Crippen molar-refractivity contribution in [1.82, 2.24) is 4.31 Å². The highest BCUT2D eigenvalue weighted by Gasteiger charge is 2.28. The van der Waals surface area contributed by atoms with E-state index >= 15 is 0 Å². The van der Waals surface area contributed by atoms with Crippen LogP contribution in [0.4, 0.5) is 5.69 Å². The smallest absolute Gasteiger partial charge is 0.339 e. The summed E-state index contributed by atoms with van der Waals surface area (Å²) in [4.78, 5) is 25.2. The van der Waals surface area contributed by atoms with E-state index in [4.69, 9.17) is 10.00 Å². The van der Waals surface area contributed by atoms with Crippen LogP contribution in [-0.4, -0.2) is 43.8 Å². The van der Waals surface area contributed by atoms with Crippen molar-refractivity contribution in [3.05, 3.63) is 59.2 Å². The summed E-state index contributed by atoms with van der Waals surface area (Å²) >= 11 is 0. The summed E-state index contributed by atoms with van der Waals surface area (Å²) < 4.78 is 32.6. The molecule has 3 rings (SSSR count). The molecule has 0 aromatic heterocycles. The molecule has 1 heterocycles. The fourth-order valence-corrected chi connectivity index (χ4v) is 4.97. The summed E-state index contributed by atoms with van der Waals surface area (Å²) in [6.07, 6.45) is 1.49. The number of nitriles is 1. The number of nitrogens with zero attached hydrogens (tertiary/aromatic N) is 2. The van der Waals surface area contributed by atoms with Gasteiger partial charge in [0, 0.05) is 18.8 Å². The Morgan fingerprint density at radius 3 is 2.53 bits per heavy atom. The molecule has 1 N–H and O–H groups in total. The zero-order chi connectivity index (χ0) is 23.3. The lowest BCUT2D eigenvalue weighted by Crippen LogP contribution is -2.35. The van der Waals surface area contributed by atoms with Gasteiger partial charge in [0.15, 0.2) is 6.10 Å². The molecule has 1 atom stereocenters. The van der Waals surface area contributed by atoms with E-state index in [-0.39, 0.29) is 10.5 Å². The van der Waals surface area contributed by atoms with Crippen LogP contribution in [0.3, 0.4) is 0 Å². The SMILES string of the molecule is Cc1ccc(S(=O)(=O)N2CCCCC2)cc1C(=O)OC(C)C(=O)Nc1cccc(C#N)c1. The first-order valence-electron chi connectivity index (χ1n) is 10.3. The average molecular weight is 456 g/mol. The van der Waals surface area contributed by atoms with Gasteiger partial charge >= 0.3 is 5.97 Å². The standard InChI is InChI=1S/C23H25N3O5S/c1-16-9-10-20(32(29,30)26-11-4-3-5-12-26)14-21(16)23(28)31-17(2)22(27)25-19-8-6-7-18(13-19)15-24/h6-10,13-14,17H,3-5,11-12H2,1-2H3,(H,25,27). The molecule has 1 aliphatic rings. The van der Waals surface area contributed by atoms with Gasteiger partial charge < -0.3 is 10.1 Å². The molecule has 0 spiro atoms. The van der Waals surface area contributed by atoms with E-state index in [2.05, 4.69) is 5.32 Å². The molecule has 168 valence electrons. The number of rotatable bonds is 6. The fourth-order valence-electron chi connectivity index (χ4n) is 3.42. The molecule has 1 amide bonds. The third kappa shape index (κ3) is 5.33. The van der Waals surface area contributed by atoms with Crippen molar-refractivity contribution in [2.75, 3.05) is 18.4 Å². The Labute approximate surface area is 187 Å². The number of sulfonamides is 1.